The molecule has 0 bridgehead atoms. The van der Waals surface area contributed by atoms with Gasteiger partial charge in [0.15, 0.2) is 0 Å². The van der Waals surface area contributed by atoms with E-state index in [0.29, 0.717) is 26.1 Å². The minimum absolute atomic E-state index is 0.112. The van der Waals surface area contributed by atoms with Gasteiger partial charge in [-0.2, -0.15) is 0 Å². The maximum atomic E-state index is 11.3. The molecule has 0 spiro atoms. The molecule has 1 amide bonds. The molecule has 0 aromatic carbocycles. The summed E-state index contributed by atoms with van der Waals surface area (Å²) in [6.07, 6.45) is 2.38. The standard InChI is InChI=1S/C9H21N3O2/c1-14-7-4-8(11)9(13)12-6-3-2-5-10/h8H,2-7,10-11H2,1H3,(H,12,13). The van der Waals surface area contributed by atoms with Crippen LogP contribution in [-0.4, -0.2) is 38.8 Å². The van der Waals surface area contributed by atoms with Crippen LogP contribution in [-0.2, 0) is 9.53 Å². The number of carbonyl (C=O) groups is 1. The molecule has 14 heavy (non-hydrogen) atoms. The highest BCUT2D eigenvalue weighted by Crippen LogP contribution is 1.90. The Hall–Kier alpha value is -0.650. The fraction of sp³-hybridized carbons (Fsp3) is 0.889. The van der Waals surface area contributed by atoms with E-state index in [2.05, 4.69) is 5.32 Å². The number of rotatable bonds is 8. The molecule has 1 unspecified atom stereocenters. The first-order valence-corrected chi connectivity index (χ1v) is 4.94. The van der Waals surface area contributed by atoms with E-state index in [1.165, 1.54) is 0 Å². The number of nitrogens with two attached hydrogens (primary N) is 2. The molecule has 0 saturated carbocycles. The normalized spacial score (nSPS) is 12.5. The van der Waals surface area contributed by atoms with Gasteiger partial charge in [0, 0.05) is 20.3 Å². The van der Waals surface area contributed by atoms with E-state index in [-0.39, 0.29) is 5.91 Å². The summed E-state index contributed by atoms with van der Waals surface area (Å²) in [6.45, 7) is 1.82. The number of carbonyl (C=O) groups excluding carboxylic acids is 1. The molecule has 0 fully saturated rings. The average molecular weight is 203 g/mol. The first-order valence-electron chi connectivity index (χ1n) is 4.94. The number of hydrogen-bond donors (Lipinski definition) is 3. The molecule has 84 valence electrons. The van der Waals surface area contributed by atoms with Crippen molar-refractivity contribution >= 4 is 5.91 Å². The monoisotopic (exact) mass is 203 g/mol. The van der Waals surface area contributed by atoms with Gasteiger partial charge in [-0.1, -0.05) is 0 Å². The molecule has 0 radical (unpaired) electrons. The molecular formula is C9H21N3O2. The van der Waals surface area contributed by atoms with Crippen LogP contribution in [0.2, 0.25) is 0 Å². The minimum atomic E-state index is -0.465. The first-order chi connectivity index (χ1) is 6.72. The molecule has 5 nitrogen and oxygen atoms in total. The van der Waals surface area contributed by atoms with Gasteiger partial charge in [0.25, 0.3) is 0 Å². The number of unbranched alkanes of at least 4 members (excludes halogenated alkanes) is 1. The van der Waals surface area contributed by atoms with Crippen LogP contribution in [0.5, 0.6) is 0 Å². The predicted molar refractivity (Wildman–Crippen MR) is 55.8 cm³/mol. The Morgan fingerprint density at radius 3 is 2.79 bits per heavy atom. The Morgan fingerprint density at radius 2 is 2.21 bits per heavy atom. The van der Waals surface area contributed by atoms with Crippen LogP contribution >= 0.6 is 0 Å². The number of hydrogen-bond acceptors (Lipinski definition) is 4. The number of ether oxygens (including phenoxy) is 1. The Balaban J connectivity index is 3.42. The molecule has 0 aromatic rings. The van der Waals surface area contributed by atoms with Crippen molar-refractivity contribution in [2.24, 2.45) is 11.5 Å². The summed E-state index contributed by atoms with van der Waals surface area (Å²) in [5.41, 5.74) is 10.9. The molecule has 5 heteroatoms. The summed E-state index contributed by atoms with van der Waals surface area (Å²) in [7, 11) is 1.59. The van der Waals surface area contributed by atoms with E-state index in [1.54, 1.807) is 7.11 Å². The fourth-order valence-electron chi connectivity index (χ4n) is 0.988. The first kappa shape index (κ1) is 13.4. The van der Waals surface area contributed by atoms with Crippen molar-refractivity contribution < 1.29 is 9.53 Å². The second kappa shape index (κ2) is 8.93. The summed E-state index contributed by atoms with van der Waals surface area (Å²) in [5.74, 6) is -0.112. The van der Waals surface area contributed by atoms with Gasteiger partial charge in [-0.15, -0.1) is 0 Å². The van der Waals surface area contributed by atoms with Crippen LogP contribution in [0, 0.1) is 0 Å². The van der Waals surface area contributed by atoms with E-state index < -0.39 is 6.04 Å². The Kier molecular flexibility index (Phi) is 8.51. The lowest BCUT2D eigenvalue weighted by atomic mass is 10.2. The van der Waals surface area contributed by atoms with Crippen LogP contribution < -0.4 is 16.8 Å². The molecule has 1 atom stereocenters. The van der Waals surface area contributed by atoms with Gasteiger partial charge in [-0.05, 0) is 25.8 Å². The topological polar surface area (TPSA) is 90.4 Å². The van der Waals surface area contributed by atoms with Crippen molar-refractivity contribution in [3.63, 3.8) is 0 Å². The zero-order valence-corrected chi connectivity index (χ0v) is 8.79. The van der Waals surface area contributed by atoms with Crippen molar-refractivity contribution in [1.82, 2.24) is 5.32 Å². The second-order valence-electron chi connectivity index (χ2n) is 3.17. The van der Waals surface area contributed by atoms with E-state index in [9.17, 15) is 4.79 Å². The van der Waals surface area contributed by atoms with E-state index in [4.69, 9.17) is 16.2 Å². The number of nitrogens with one attached hydrogen (secondary N) is 1. The number of amides is 1. The molecule has 0 aliphatic heterocycles. The van der Waals surface area contributed by atoms with Gasteiger partial charge >= 0.3 is 0 Å². The van der Waals surface area contributed by atoms with Crippen LogP contribution in [0.15, 0.2) is 0 Å². The average Bonchev–Trinajstić information content (AvgIpc) is 2.20. The zero-order chi connectivity index (χ0) is 10.8. The summed E-state index contributed by atoms with van der Waals surface area (Å²) >= 11 is 0. The third-order valence-corrected chi connectivity index (χ3v) is 1.90. The molecule has 0 aliphatic rings. The van der Waals surface area contributed by atoms with E-state index >= 15 is 0 Å². The van der Waals surface area contributed by atoms with Gasteiger partial charge in [-0.3, -0.25) is 4.79 Å². The molecule has 5 N–H and O–H groups in total. The minimum Gasteiger partial charge on any atom is -0.385 e. The highest BCUT2D eigenvalue weighted by atomic mass is 16.5. The SMILES string of the molecule is COCCC(N)C(=O)NCCCCN. The summed E-state index contributed by atoms with van der Waals surface area (Å²) in [6, 6.07) is -0.465. The Labute approximate surface area is 85.2 Å². The highest BCUT2D eigenvalue weighted by molar-refractivity contribution is 5.81. The second-order valence-corrected chi connectivity index (χ2v) is 3.17. The van der Waals surface area contributed by atoms with Gasteiger partial charge in [0.2, 0.25) is 5.91 Å². The van der Waals surface area contributed by atoms with Crippen molar-refractivity contribution in [2.75, 3.05) is 26.8 Å². The largest absolute Gasteiger partial charge is 0.385 e. The molecular weight excluding hydrogens is 182 g/mol. The molecule has 0 rings (SSSR count). The van der Waals surface area contributed by atoms with Crippen LogP contribution in [0.3, 0.4) is 0 Å². The third-order valence-electron chi connectivity index (χ3n) is 1.90. The molecule has 0 saturated heterocycles. The highest BCUT2D eigenvalue weighted by Gasteiger charge is 2.11. The van der Waals surface area contributed by atoms with Gasteiger partial charge in [0.05, 0.1) is 6.04 Å². The molecule has 0 aliphatic carbocycles. The molecule has 0 aromatic heterocycles. The van der Waals surface area contributed by atoms with Gasteiger partial charge in [0.1, 0.15) is 0 Å². The zero-order valence-electron chi connectivity index (χ0n) is 8.79. The summed E-state index contributed by atoms with van der Waals surface area (Å²) in [4.78, 5) is 11.3. The summed E-state index contributed by atoms with van der Waals surface area (Å²) < 4.78 is 4.83. The van der Waals surface area contributed by atoms with Crippen molar-refractivity contribution in [2.45, 2.75) is 25.3 Å². The van der Waals surface area contributed by atoms with Crippen LogP contribution in [0.1, 0.15) is 19.3 Å². The lowest BCUT2D eigenvalue weighted by Gasteiger charge is -2.11. The quantitative estimate of drug-likeness (QED) is 0.451. The smallest absolute Gasteiger partial charge is 0.237 e. The van der Waals surface area contributed by atoms with Gasteiger partial charge < -0.3 is 21.5 Å². The fourth-order valence-corrected chi connectivity index (χ4v) is 0.988. The van der Waals surface area contributed by atoms with E-state index in [1.807, 2.05) is 0 Å². The van der Waals surface area contributed by atoms with E-state index in [0.717, 1.165) is 12.8 Å². The van der Waals surface area contributed by atoms with Crippen LogP contribution in [0.4, 0.5) is 0 Å². The summed E-state index contributed by atoms with van der Waals surface area (Å²) in [5, 5.41) is 2.75. The predicted octanol–water partition coefficient (Wildman–Crippen LogP) is -0.795. The van der Waals surface area contributed by atoms with Crippen molar-refractivity contribution in [3.05, 3.63) is 0 Å². The third kappa shape index (κ3) is 6.82. The van der Waals surface area contributed by atoms with Crippen molar-refractivity contribution in [1.29, 1.82) is 0 Å². The maximum absolute atomic E-state index is 11.3. The Bertz CT molecular complexity index is 153. The number of methoxy groups -OCH3 is 1. The van der Waals surface area contributed by atoms with Crippen molar-refractivity contribution in [3.8, 4) is 0 Å². The van der Waals surface area contributed by atoms with Gasteiger partial charge in [-0.25, -0.2) is 0 Å². The lowest BCUT2D eigenvalue weighted by molar-refractivity contribution is -0.122. The Morgan fingerprint density at radius 1 is 1.50 bits per heavy atom. The lowest BCUT2D eigenvalue weighted by Crippen LogP contribution is -2.41. The van der Waals surface area contributed by atoms with Crippen LogP contribution in [0.25, 0.3) is 0 Å². The maximum Gasteiger partial charge on any atom is 0.237 e. The molecule has 0 heterocycles.